The molecule has 0 unspecified atom stereocenters. The first-order valence-corrected chi connectivity index (χ1v) is 5.63. The van der Waals surface area contributed by atoms with Gasteiger partial charge in [0, 0.05) is 7.05 Å². The second-order valence-corrected chi connectivity index (χ2v) is 4.36. The highest BCUT2D eigenvalue weighted by Crippen LogP contribution is 2.24. The van der Waals surface area contributed by atoms with Gasteiger partial charge in [-0.1, -0.05) is 0 Å². The molecule has 0 spiro atoms. The van der Waals surface area contributed by atoms with Crippen LogP contribution in [-0.2, 0) is 11.8 Å². The molecule has 6 nitrogen and oxygen atoms in total. The number of hydrogen-bond donors (Lipinski definition) is 1. The lowest BCUT2D eigenvalue weighted by molar-refractivity contribution is 0.0594. The van der Waals surface area contributed by atoms with Crippen LogP contribution in [0.25, 0.3) is 10.4 Å². The van der Waals surface area contributed by atoms with Crippen LogP contribution in [0.4, 0.5) is 0 Å². The Bertz CT molecular complexity index is 623. The van der Waals surface area contributed by atoms with E-state index >= 15 is 0 Å². The minimum absolute atomic E-state index is 0.156. The molecule has 0 aromatic carbocycles. The van der Waals surface area contributed by atoms with Crippen LogP contribution in [0.5, 0.6) is 0 Å². The van der Waals surface area contributed by atoms with Gasteiger partial charge in [-0.3, -0.25) is 14.6 Å². The number of aryl methyl sites for hydroxylation is 2. The van der Waals surface area contributed by atoms with E-state index in [0.717, 1.165) is 5.69 Å². The molecule has 0 saturated carbocycles. The summed E-state index contributed by atoms with van der Waals surface area (Å²) in [4.78, 5) is 24.1. The van der Waals surface area contributed by atoms with E-state index in [4.69, 9.17) is 0 Å². The first-order chi connectivity index (χ1) is 8.04. The van der Waals surface area contributed by atoms with Gasteiger partial charge in [0.25, 0.3) is 5.56 Å². The van der Waals surface area contributed by atoms with Gasteiger partial charge in [0.15, 0.2) is 5.69 Å². The fraction of sp³-hybridized carbons (Fsp3) is 0.300. The van der Waals surface area contributed by atoms with Crippen molar-refractivity contribution >= 4 is 17.5 Å². The van der Waals surface area contributed by atoms with Crippen molar-refractivity contribution in [3.8, 4) is 10.4 Å². The lowest BCUT2D eigenvalue weighted by Crippen LogP contribution is -2.12. The molecule has 7 heteroatoms. The van der Waals surface area contributed by atoms with Gasteiger partial charge < -0.3 is 4.74 Å². The molecule has 2 aromatic rings. The molecule has 0 radical (unpaired) electrons. The number of nitrogens with one attached hydrogen (secondary N) is 1. The second kappa shape index (κ2) is 4.17. The summed E-state index contributed by atoms with van der Waals surface area (Å²) in [7, 11) is 2.82. The molecule has 0 atom stereocenters. The van der Waals surface area contributed by atoms with Crippen LogP contribution in [0.3, 0.4) is 0 Å². The monoisotopic (exact) mass is 253 g/mol. The Labute approximate surface area is 101 Å². The molecule has 0 aliphatic rings. The van der Waals surface area contributed by atoms with Gasteiger partial charge in [-0.2, -0.15) is 4.37 Å². The average molecular weight is 253 g/mol. The number of esters is 1. The summed E-state index contributed by atoms with van der Waals surface area (Å²) < 4.78 is 9.98. The van der Waals surface area contributed by atoms with Gasteiger partial charge in [0.2, 0.25) is 0 Å². The number of hydrogen-bond acceptors (Lipinski definition) is 5. The standard InChI is InChI=1S/C10H11N3O3S/c1-5-4-6(17-12-5)7-8(10(15)16-3)11-13(2)9(7)14/h4,11H,1-3H3. The van der Waals surface area contributed by atoms with Crippen LogP contribution in [0.2, 0.25) is 0 Å². The molecule has 0 saturated heterocycles. The number of carbonyl (C=O) groups is 1. The van der Waals surface area contributed by atoms with Crippen molar-refractivity contribution in [2.24, 2.45) is 7.05 Å². The molecule has 0 aliphatic carbocycles. The third-order valence-electron chi connectivity index (χ3n) is 2.31. The highest BCUT2D eigenvalue weighted by molar-refractivity contribution is 7.09. The summed E-state index contributed by atoms with van der Waals surface area (Å²) in [5.74, 6) is -0.566. The van der Waals surface area contributed by atoms with Gasteiger partial charge in [0.05, 0.1) is 23.2 Å². The number of rotatable bonds is 2. The molecule has 2 heterocycles. The SMILES string of the molecule is COC(=O)c1[nH]n(C)c(=O)c1-c1cc(C)ns1. The minimum atomic E-state index is -0.566. The first-order valence-electron chi connectivity index (χ1n) is 4.85. The number of methoxy groups -OCH3 is 1. The quantitative estimate of drug-likeness (QED) is 0.808. The average Bonchev–Trinajstić information content (AvgIpc) is 2.84. The van der Waals surface area contributed by atoms with Crippen LogP contribution >= 0.6 is 11.5 Å². The maximum atomic E-state index is 11.9. The fourth-order valence-corrected chi connectivity index (χ4v) is 2.31. The summed E-state index contributed by atoms with van der Waals surface area (Å²) in [6.45, 7) is 1.83. The van der Waals surface area contributed by atoms with E-state index in [2.05, 4.69) is 14.2 Å². The normalized spacial score (nSPS) is 10.5. The van der Waals surface area contributed by atoms with Crippen molar-refractivity contribution in [3.63, 3.8) is 0 Å². The van der Waals surface area contributed by atoms with Crippen molar-refractivity contribution in [1.82, 2.24) is 14.2 Å². The Morgan fingerprint density at radius 3 is 2.82 bits per heavy atom. The Morgan fingerprint density at radius 1 is 1.59 bits per heavy atom. The van der Waals surface area contributed by atoms with Gasteiger partial charge in [0.1, 0.15) is 0 Å². The topological polar surface area (TPSA) is 77.0 Å². The number of carbonyl (C=O) groups excluding carboxylic acids is 1. The molecule has 0 amide bonds. The largest absolute Gasteiger partial charge is 0.464 e. The zero-order valence-electron chi connectivity index (χ0n) is 9.60. The van der Waals surface area contributed by atoms with E-state index < -0.39 is 5.97 Å². The minimum Gasteiger partial charge on any atom is -0.464 e. The van der Waals surface area contributed by atoms with Crippen molar-refractivity contribution in [2.75, 3.05) is 7.11 Å². The summed E-state index contributed by atoms with van der Waals surface area (Å²) in [5, 5.41) is 2.68. The van der Waals surface area contributed by atoms with Gasteiger partial charge in [-0.25, -0.2) is 4.79 Å². The number of H-pyrrole nitrogens is 1. The fourth-order valence-electron chi connectivity index (χ4n) is 1.51. The molecule has 17 heavy (non-hydrogen) atoms. The maximum Gasteiger partial charge on any atom is 0.356 e. The predicted octanol–water partition coefficient (Wildman–Crippen LogP) is 0.932. The number of aromatic nitrogens is 3. The van der Waals surface area contributed by atoms with E-state index in [0.29, 0.717) is 10.4 Å². The Kier molecular flexibility index (Phi) is 2.84. The third kappa shape index (κ3) is 1.89. The lowest BCUT2D eigenvalue weighted by Gasteiger charge is -1.96. The number of aromatic amines is 1. The summed E-state index contributed by atoms with van der Waals surface area (Å²) in [6, 6.07) is 1.77. The molecule has 0 aliphatic heterocycles. The number of nitrogens with zero attached hydrogens (tertiary/aromatic N) is 2. The Balaban J connectivity index is 2.67. The zero-order chi connectivity index (χ0) is 12.6. The van der Waals surface area contributed by atoms with Crippen molar-refractivity contribution in [2.45, 2.75) is 6.92 Å². The van der Waals surface area contributed by atoms with Gasteiger partial charge in [-0.15, -0.1) is 0 Å². The highest BCUT2D eigenvalue weighted by Gasteiger charge is 2.22. The number of ether oxygens (including phenoxy) is 1. The zero-order valence-corrected chi connectivity index (χ0v) is 10.4. The van der Waals surface area contributed by atoms with Crippen LogP contribution in [0.15, 0.2) is 10.9 Å². The van der Waals surface area contributed by atoms with Crippen LogP contribution in [-0.4, -0.2) is 27.2 Å². The Morgan fingerprint density at radius 2 is 2.29 bits per heavy atom. The van der Waals surface area contributed by atoms with Crippen LogP contribution < -0.4 is 5.56 Å². The molecule has 0 bridgehead atoms. The molecule has 0 fully saturated rings. The van der Waals surface area contributed by atoms with E-state index in [-0.39, 0.29) is 11.3 Å². The third-order valence-corrected chi connectivity index (χ3v) is 3.21. The van der Waals surface area contributed by atoms with E-state index in [1.807, 2.05) is 6.92 Å². The van der Waals surface area contributed by atoms with Crippen molar-refractivity contribution in [3.05, 3.63) is 27.8 Å². The molecule has 2 rings (SSSR count). The van der Waals surface area contributed by atoms with Crippen molar-refractivity contribution < 1.29 is 9.53 Å². The molecule has 2 aromatic heterocycles. The van der Waals surface area contributed by atoms with Crippen molar-refractivity contribution in [1.29, 1.82) is 0 Å². The lowest BCUT2D eigenvalue weighted by atomic mass is 10.2. The van der Waals surface area contributed by atoms with E-state index in [1.54, 1.807) is 13.1 Å². The predicted molar refractivity (Wildman–Crippen MR) is 63.2 cm³/mol. The van der Waals surface area contributed by atoms with E-state index in [1.165, 1.54) is 23.3 Å². The highest BCUT2D eigenvalue weighted by atomic mass is 32.1. The Hall–Kier alpha value is -1.89. The molecular formula is C10H11N3O3S. The summed E-state index contributed by atoms with van der Waals surface area (Å²) in [5.41, 5.74) is 1.01. The smallest absolute Gasteiger partial charge is 0.356 e. The van der Waals surface area contributed by atoms with Crippen LogP contribution in [0, 0.1) is 6.92 Å². The van der Waals surface area contributed by atoms with E-state index in [9.17, 15) is 9.59 Å². The molecular weight excluding hydrogens is 242 g/mol. The summed E-state index contributed by atoms with van der Waals surface area (Å²) in [6.07, 6.45) is 0. The maximum absolute atomic E-state index is 11.9. The van der Waals surface area contributed by atoms with Crippen LogP contribution in [0.1, 0.15) is 16.2 Å². The molecule has 1 N–H and O–H groups in total. The molecule has 90 valence electrons. The second-order valence-electron chi connectivity index (χ2n) is 3.55. The van der Waals surface area contributed by atoms with Gasteiger partial charge in [-0.05, 0) is 24.5 Å². The van der Waals surface area contributed by atoms with Gasteiger partial charge >= 0.3 is 5.97 Å². The summed E-state index contributed by atoms with van der Waals surface area (Å²) >= 11 is 1.18. The first kappa shape index (κ1) is 11.6.